The van der Waals surface area contributed by atoms with Gasteiger partial charge in [-0.25, -0.2) is 0 Å². The Morgan fingerprint density at radius 1 is 1.31 bits per heavy atom. The van der Waals surface area contributed by atoms with Crippen LogP contribution in [-0.4, -0.2) is 18.2 Å². The Hall–Kier alpha value is 0.170. The van der Waals surface area contributed by atoms with Crippen LogP contribution in [0.1, 0.15) is 34.1 Å². The maximum Gasteiger partial charge on any atom is 0.0625 e. The molecule has 0 heterocycles. The molecule has 2 nitrogen and oxygen atoms in total. The summed E-state index contributed by atoms with van der Waals surface area (Å²) in [6, 6.07) is 3.24. The lowest BCUT2D eigenvalue weighted by atomic mass is 10.3. The molecule has 0 saturated heterocycles. The van der Waals surface area contributed by atoms with Crippen LogP contribution in [0, 0.1) is 11.3 Å². The van der Waals surface area contributed by atoms with Gasteiger partial charge in [0.1, 0.15) is 0 Å². The van der Waals surface area contributed by atoms with Crippen LogP contribution < -0.4 is 5.32 Å². The summed E-state index contributed by atoms with van der Waals surface area (Å²) >= 11 is 5.26. The zero-order valence-corrected chi connectivity index (χ0v) is 10.7. The number of rotatable bonds is 4. The molecule has 0 rings (SSSR count). The highest BCUT2D eigenvalue weighted by atomic mass is 35.7. The minimum Gasteiger partial charge on any atom is -0.312 e. The quantitative estimate of drug-likeness (QED) is 0.586. The summed E-state index contributed by atoms with van der Waals surface area (Å²) in [5, 5.41) is 11.2. The molecule has 0 fully saturated rings. The Bertz CT molecular complexity index is 126. The van der Waals surface area contributed by atoms with Crippen molar-refractivity contribution in [2.75, 3.05) is 6.16 Å². The Morgan fingerprint density at radius 3 is 1.85 bits per heavy atom. The molecule has 0 aliphatic carbocycles. The van der Waals surface area contributed by atoms with Gasteiger partial charge in [0.2, 0.25) is 0 Å². The van der Waals surface area contributed by atoms with E-state index in [0.29, 0.717) is 26.4 Å². The fraction of sp³-hybridized carbons (Fsp3) is 0.889. The van der Waals surface area contributed by atoms with Crippen LogP contribution in [-0.2, 0) is 0 Å². The molecular weight excluding hydrogens is 203 g/mol. The SMILES string of the molecule is CC(C)NC(C)C.N#CCCPCl. The first-order valence-electron chi connectivity index (χ1n) is 4.51. The van der Waals surface area contributed by atoms with Crippen LogP contribution in [0.3, 0.4) is 0 Å². The van der Waals surface area contributed by atoms with Crippen molar-refractivity contribution in [2.45, 2.75) is 46.2 Å². The van der Waals surface area contributed by atoms with Crippen molar-refractivity contribution in [3.05, 3.63) is 0 Å². The molecule has 78 valence electrons. The second-order valence-corrected chi connectivity index (χ2v) is 4.84. The monoisotopic (exact) mass is 222 g/mol. The van der Waals surface area contributed by atoms with Crippen molar-refractivity contribution in [2.24, 2.45) is 0 Å². The average molecular weight is 223 g/mol. The fourth-order valence-electron chi connectivity index (χ4n) is 0.770. The Morgan fingerprint density at radius 2 is 1.77 bits per heavy atom. The Labute approximate surface area is 88.6 Å². The molecule has 1 N–H and O–H groups in total. The first kappa shape index (κ1) is 15.6. The lowest BCUT2D eigenvalue weighted by Gasteiger charge is -2.10. The van der Waals surface area contributed by atoms with E-state index in [9.17, 15) is 0 Å². The van der Waals surface area contributed by atoms with Gasteiger partial charge in [0.25, 0.3) is 0 Å². The molecule has 0 spiro atoms. The second kappa shape index (κ2) is 12.2. The number of nitriles is 1. The standard InChI is InChI=1S/C6H15N.C3H5ClNP/c1-5(2)7-6(3)4;4-6-3-1-2-5/h5-7H,1-4H3;6H,1,3H2. The molecule has 0 aromatic heterocycles. The van der Waals surface area contributed by atoms with Gasteiger partial charge in [0.05, 0.1) is 6.07 Å². The highest BCUT2D eigenvalue weighted by molar-refractivity contribution is 7.68. The highest BCUT2D eigenvalue weighted by Gasteiger charge is 1.92. The van der Waals surface area contributed by atoms with E-state index in [-0.39, 0.29) is 0 Å². The van der Waals surface area contributed by atoms with Crippen LogP contribution in [0.15, 0.2) is 0 Å². The summed E-state index contributed by atoms with van der Waals surface area (Å²) in [5.74, 6) is 0. The van der Waals surface area contributed by atoms with Gasteiger partial charge < -0.3 is 5.32 Å². The number of nitrogens with one attached hydrogen (secondary N) is 1. The summed E-state index contributed by atoms with van der Waals surface area (Å²) in [7, 11) is 0.414. The molecule has 1 unspecified atom stereocenters. The molecule has 1 atom stereocenters. The first-order valence-corrected chi connectivity index (χ1v) is 6.73. The van der Waals surface area contributed by atoms with Crippen molar-refractivity contribution < 1.29 is 0 Å². The largest absolute Gasteiger partial charge is 0.312 e. The normalized spacial score (nSPS) is 10.3. The molecule has 4 heteroatoms. The van der Waals surface area contributed by atoms with Crippen molar-refractivity contribution in [1.82, 2.24) is 5.32 Å². The maximum absolute atomic E-state index is 7.89. The van der Waals surface area contributed by atoms with Crippen LogP contribution >= 0.6 is 19.2 Å². The van der Waals surface area contributed by atoms with E-state index in [1.54, 1.807) is 0 Å². The van der Waals surface area contributed by atoms with Gasteiger partial charge in [-0.3, -0.25) is 0 Å². The van der Waals surface area contributed by atoms with E-state index < -0.39 is 0 Å². The maximum atomic E-state index is 7.89. The summed E-state index contributed by atoms with van der Waals surface area (Å²) in [4.78, 5) is 0. The highest BCUT2D eigenvalue weighted by Crippen LogP contribution is 2.15. The van der Waals surface area contributed by atoms with Crippen LogP contribution in [0.25, 0.3) is 0 Å². The minimum atomic E-state index is 0.414. The van der Waals surface area contributed by atoms with E-state index >= 15 is 0 Å². The fourth-order valence-corrected chi connectivity index (χ4v) is 1.26. The van der Waals surface area contributed by atoms with Gasteiger partial charge in [-0.1, -0.05) is 27.7 Å². The molecule has 0 bridgehead atoms. The summed E-state index contributed by atoms with van der Waals surface area (Å²) in [6.07, 6.45) is 1.44. The molecule has 0 radical (unpaired) electrons. The van der Waals surface area contributed by atoms with E-state index in [4.69, 9.17) is 16.5 Å². The third-order valence-corrected chi connectivity index (χ3v) is 2.00. The lowest BCUT2D eigenvalue weighted by molar-refractivity contribution is 0.518. The third kappa shape index (κ3) is 24.5. The van der Waals surface area contributed by atoms with Crippen LogP contribution in [0.2, 0.25) is 0 Å². The molecule has 0 aliphatic heterocycles. The summed E-state index contributed by atoms with van der Waals surface area (Å²) < 4.78 is 0. The number of halogens is 1. The first-order chi connectivity index (χ1) is 6.04. The van der Waals surface area contributed by atoms with Crippen LogP contribution in [0.5, 0.6) is 0 Å². The number of hydrogen-bond donors (Lipinski definition) is 1. The van der Waals surface area contributed by atoms with E-state index in [2.05, 4.69) is 33.0 Å². The van der Waals surface area contributed by atoms with Gasteiger partial charge in [0, 0.05) is 18.5 Å². The lowest BCUT2D eigenvalue weighted by Crippen LogP contribution is -2.29. The molecule has 0 saturated carbocycles. The predicted molar refractivity (Wildman–Crippen MR) is 62.7 cm³/mol. The zero-order chi connectivity index (χ0) is 10.7. The number of nitrogens with zero attached hydrogens (tertiary/aromatic N) is 1. The molecule has 13 heavy (non-hydrogen) atoms. The number of hydrogen-bond acceptors (Lipinski definition) is 2. The van der Waals surface area contributed by atoms with Crippen molar-refractivity contribution in [1.29, 1.82) is 5.26 Å². The smallest absolute Gasteiger partial charge is 0.0625 e. The molecule has 0 aromatic carbocycles. The molecule has 0 aromatic rings. The van der Waals surface area contributed by atoms with Gasteiger partial charge in [-0.2, -0.15) is 5.26 Å². The van der Waals surface area contributed by atoms with Gasteiger partial charge in [-0.05, 0) is 14.1 Å². The molecule has 0 amide bonds. The van der Waals surface area contributed by atoms with E-state index in [0.717, 1.165) is 6.16 Å². The van der Waals surface area contributed by atoms with Crippen LogP contribution in [0.4, 0.5) is 0 Å². The zero-order valence-electron chi connectivity index (χ0n) is 8.89. The van der Waals surface area contributed by atoms with E-state index in [1.165, 1.54) is 0 Å². The Balaban J connectivity index is 0. The predicted octanol–water partition coefficient (Wildman–Crippen LogP) is 3.13. The Kier molecular flexibility index (Phi) is 14.6. The van der Waals surface area contributed by atoms with Crippen molar-refractivity contribution >= 4 is 19.2 Å². The summed E-state index contributed by atoms with van der Waals surface area (Å²) in [5.41, 5.74) is 0. The minimum absolute atomic E-state index is 0.414. The van der Waals surface area contributed by atoms with Gasteiger partial charge >= 0.3 is 0 Å². The van der Waals surface area contributed by atoms with Crippen molar-refractivity contribution in [3.63, 3.8) is 0 Å². The average Bonchev–Trinajstić information content (AvgIpc) is 1.99. The topological polar surface area (TPSA) is 35.8 Å². The summed E-state index contributed by atoms with van der Waals surface area (Å²) in [6.45, 7) is 8.61. The molecule has 0 aliphatic rings. The molecular formula is C9H20ClN2P. The third-order valence-electron chi connectivity index (χ3n) is 0.998. The van der Waals surface area contributed by atoms with Gasteiger partial charge in [0.15, 0.2) is 0 Å². The second-order valence-electron chi connectivity index (χ2n) is 3.27. The van der Waals surface area contributed by atoms with E-state index in [1.807, 2.05) is 6.07 Å². The van der Waals surface area contributed by atoms with Gasteiger partial charge in [-0.15, -0.1) is 11.2 Å². The van der Waals surface area contributed by atoms with Crippen molar-refractivity contribution in [3.8, 4) is 6.07 Å².